The maximum Gasteiger partial charge on any atom is 0.410 e. The maximum atomic E-state index is 12.0. The molecule has 2 heterocycles. The lowest BCUT2D eigenvalue weighted by Gasteiger charge is -1.97. The van der Waals surface area contributed by atoms with E-state index in [0.29, 0.717) is 15.6 Å². The second kappa shape index (κ2) is 6.64. The molecule has 0 saturated heterocycles. The number of carbonyl (C=O) groups excluding carboxylic acids is 1. The van der Waals surface area contributed by atoms with E-state index in [4.69, 9.17) is 21.2 Å². The number of aromatic nitrogens is 3. The van der Waals surface area contributed by atoms with Crippen LogP contribution in [0.15, 0.2) is 34.9 Å². The fraction of sp³-hybridized carbons (Fsp3) is 0. The summed E-state index contributed by atoms with van der Waals surface area (Å²) in [6, 6.07) is 8.27. The number of rotatable bonds is 4. The second-order valence-electron chi connectivity index (χ2n) is 4.35. The number of hydrogen-bond donors (Lipinski definition) is 3. The lowest BCUT2D eigenvalue weighted by molar-refractivity contribution is 0.0988. The van der Waals surface area contributed by atoms with Crippen LogP contribution in [0.5, 0.6) is 0 Å². The highest BCUT2D eigenvalue weighted by Crippen LogP contribution is 2.31. The van der Waals surface area contributed by atoms with Gasteiger partial charge in [0.1, 0.15) is 0 Å². The third-order valence-corrected chi connectivity index (χ3v) is 3.92. The summed E-state index contributed by atoms with van der Waals surface area (Å²) in [5, 5.41) is 25.6. The highest BCUT2D eigenvalue weighted by Gasteiger charge is 2.17. The van der Waals surface area contributed by atoms with E-state index in [1.165, 1.54) is 0 Å². The van der Waals surface area contributed by atoms with Crippen molar-refractivity contribution in [1.29, 1.82) is 0 Å². The normalized spacial score (nSPS) is 10.4. The first-order chi connectivity index (χ1) is 11.5. The largest absolute Gasteiger partial charge is 0.465 e. The molecule has 0 unspecified atom stereocenters. The molecule has 0 radical (unpaired) electrons. The van der Waals surface area contributed by atoms with Gasteiger partial charge in [0.05, 0.1) is 5.02 Å². The maximum absolute atomic E-state index is 12.0. The average molecular weight is 366 g/mol. The molecule has 0 fully saturated rings. The van der Waals surface area contributed by atoms with Crippen LogP contribution in [-0.4, -0.2) is 32.5 Å². The van der Waals surface area contributed by atoms with Crippen LogP contribution in [0.2, 0.25) is 5.02 Å². The monoisotopic (exact) mass is 365 g/mol. The minimum atomic E-state index is -1.32. The molecule has 0 bridgehead atoms. The standard InChI is InChI=1S/C13H8ClN5O4S/c14-7-4-2-1-3-6(7)11-17-18-12(24-11)16-10(20)8-5-9(19-23-8)15-13(21)22/h1-5H,(H,15,19)(H,21,22)(H,16,18,20). The molecule has 3 rings (SSSR count). The molecule has 11 heteroatoms. The predicted molar refractivity (Wildman–Crippen MR) is 86.5 cm³/mol. The number of benzene rings is 1. The number of nitrogens with one attached hydrogen (secondary N) is 2. The van der Waals surface area contributed by atoms with Gasteiger partial charge >= 0.3 is 6.09 Å². The van der Waals surface area contributed by atoms with Crippen molar-refractivity contribution in [2.75, 3.05) is 10.6 Å². The van der Waals surface area contributed by atoms with Gasteiger partial charge in [-0.2, -0.15) is 0 Å². The van der Waals surface area contributed by atoms with E-state index in [9.17, 15) is 9.59 Å². The van der Waals surface area contributed by atoms with E-state index < -0.39 is 12.0 Å². The number of amides is 2. The van der Waals surface area contributed by atoms with Gasteiger partial charge in [0.2, 0.25) is 10.9 Å². The van der Waals surface area contributed by atoms with Gasteiger partial charge < -0.3 is 9.63 Å². The minimum absolute atomic E-state index is 0.0957. The van der Waals surface area contributed by atoms with Crippen LogP contribution < -0.4 is 10.6 Å². The smallest absolute Gasteiger partial charge is 0.410 e. The fourth-order valence-electron chi connectivity index (χ4n) is 1.73. The molecular weight excluding hydrogens is 358 g/mol. The first-order valence-corrected chi connectivity index (χ1v) is 7.59. The van der Waals surface area contributed by atoms with Crippen molar-refractivity contribution in [2.45, 2.75) is 0 Å². The van der Waals surface area contributed by atoms with Crippen LogP contribution in [0.25, 0.3) is 10.6 Å². The van der Waals surface area contributed by atoms with E-state index in [1.54, 1.807) is 18.2 Å². The molecule has 3 N–H and O–H groups in total. The molecule has 0 saturated carbocycles. The lowest BCUT2D eigenvalue weighted by atomic mass is 10.2. The third kappa shape index (κ3) is 3.50. The van der Waals surface area contributed by atoms with Gasteiger partial charge in [0.25, 0.3) is 5.91 Å². The van der Waals surface area contributed by atoms with Gasteiger partial charge in [-0.25, -0.2) is 4.79 Å². The Kier molecular flexibility index (Phi) is 4.40. The Hall–Kier alpha value is -2.98. The molecule has 24 heavy (non-hydrogen) atoms. The molecule has 2 amide bonds. The summed E-state index contributed by atoms with van der Waals surface area (Å²) in [5.74, 6) is -0.905. The Morgan fingerprint density at radius 1 is 1.21 bits per heavy atom. The van der Waals surface area contributed by atoms with E-state index in [1.807, 2.05) is 11.4 Å². The molecule has 1 aromatic carbocycles. The van der Waals surface area contributed by atoms with Crippen LogP contribution in [0.3, 0.4) is 0 Å². The molecule has 0 atom stereocenters. The van der Waals surface area contributed by atoms with E-state index in [2.05, 4.69) is 20.7 Å². The Morgan fingerprint density at radius 3 is 2.75 bits per heavy atom. The van der Waals surface area contributed by atoms with Crippen molar-refractivity contribution >= 4 is 45.9 Å². The average Bonchev–Trinajstić information content (AvgIpc) is 3.17. The molecular formula is C13H8ClN5O4S. The van der Waals surface area contributed by atoms with E-state index in [-0.39, 0.29) is 16.7 Å². The van der Waals surface area contributed by atoms with Crippen molar-refractivity contribution in [3.63, 3.8) is 0 Å². The van der Waals surface area contributed by atoms with Crippen LogP contribution in [0.4, 0.5) is 15.7 Å². The summed E-state index contributed by atoms with van der Waals surface area (Å²) in [7, 11) is 0. The van der Waals surface area contributed by atoms with Crippen molar-refractivity contribution in [1.82, 2.24) is 15.4 Å². The topological polar surface area (TPSA) is 130 Å². The number of carbonyl (C=O) groups is 2. The van der Waals surface area contributed by atoms with Crippen LogP contribution in [0.1, 0.15) is 10.6 Å². The summed E-state index contributed by atoms with van der Waals surface area (Å²) >= 11 is 7.22. The number of hydrogen-bond acceptors (Lipinski definition) is 7. The Bertz CT molecular complexity index is 909. The number of halogens is 1. The quantitative estimate of drug-likeness (QED) is 0.647. The van der Waals surface area contributed by atoms with Crippen molar-refractivity contribution < 1.29 is 19.2 Å². The van der Waals surface area contributed by atoms with Gasteiger partial charge in [-0.3, -0.25) is 15.4 Å². The molecule has 3 aromatic rings. The summed E-state index contributed by atoms with van der Waals surface area (Å²) in [6.45, 7) is 0. The zero-order valence-corrected chi connectivity index (χ0v) is 13.3. The van der Waals surface area contributed by atoms with E-state index in [0.717, 1.165) is 17.4 Å². The van der Waals surface area contributed by atoms with Gasteiger partial charge in [-0.15, -0.1) is 10.2 Å². The summed E-state index contributed by atoms with van der Waals surface area (Å²) in [6.07, 6.45) is -1.32. The molecule has 0 aliphatic carbocycles. The van der Waals surface area contributed by atoms with Crippen LogP contribution in [0, 0.1) is 0 Å². The molecule has 122 valence electrons. The SMILES string of the molecule is O=C(O)Nc1cc(C(=O)Nc2nnc(-c3ccccc3Cl)s2)on1. The Labute approximate surface area is 143 Å². The molecule has 2 aromatic heterocycles. The molecule has 9 nitrogen and oxygen atoms in total. The summed E-state index contributed by atoms with van der Waals surface area (Å²) in [4.78, 5) is 22.5. The zero-order valence-electron chi connectivity index (χ0n) is 11.7. The predicted octanol–water partition coefficient (Wildman–Crippen LogP) is 3.19. The molecule has 0 aliphatic rings. The zero-order chi connectivity index (χ0) is 17.1. The van der Waals surface area contributed by atoms with Crippen molar-refractivity contribution in [2.24, 2.45) is 0 Å². The summed E-state index contributed by atoms with van der Waals surface area (Å²) in [5.41, 5.74) is 0.699. The minimum Gasteiger partial charge on any atom is -0.465 e. The van der Waals surface area contributed by atoms with Gasteiger partial charge in [0, 0.05) is 11.6 Å². The van der Waals surface area contributed by atoms with Gasteiger partial charge in [-0.05, 0) is 6.07 Å². The first-order valence-electron chi connectivity index (χ1n) is 6.39. The Balaban J connectivity index is 1.73. The van der Waals surface area contributed by atoms with Crippen LogP contribution >= 0.6 is 22.9 Å². The fourth-order valence-corrected chi connectivity index (χ4v) is 2.79. The third-order valence-electron chi connectivity index (χ3n) is 2.72. The molecule has 0 spiro atoms. The number of nitrogens with zero attached hydrogens (tertiary/aromatic N) is 3. The van der Waals surface area contributed by atoms with E-state index >= 15 is 0 Å². The second-order valence-corrected chi connectivity index (χ2v) is 5.74. The summed E-state index contributed by atoms with van der Waals surface area (Å²) < 4.78 is 4.76. The van der Waals surface area contributed by atoms with Crippen molar-refractivity contribution in [3.8, 4) is 10.6 Å². The van der Waals surface area contributed by atoms with Crippen LogP contribution in [-0.2, 0) is 0 Å². The number of carboxylic acid groups (broad SMARTS) is 1. The van der Waals surface area contributed by atoms with Gasteiger partial charge in [-0.1, -0.05) is 46.3 Å². The van der Waals surface area contributed by atoms with Crippen molar-refractivity contribution in [3.05, 3.63) is 41.1 Å². The van der Waals surface area contributed by atoms with Gasteiger partial charge in [0.15, 0.2) is 10.8 Å². The lowest BCUT2D eigenvalue weighted by Crippen LogP contribution is -2.11. The Morgan fingerprint density at radius 2 is 2.00 bits per heavy atom. The highest BCUT2D eigenvalue weighted by atomic mass is 35.5. The number of anilines is 2. The highest BCUT2D eigenvalue weighted by molar-refractivity contribution is 7.18. The first kappa shape index (κ1) is 15.9. The molecule has 0 aliphatic heterocycles.